The predicted molar refractivity (Wildman–Crippen MR) is 95.2 cm³/mol. The fourth-order valence-corrected chi connectivity index (χ4v) is 3.83. The molecule has 0 spiro atoms. The van der Waals surface area contributed by atoms with Crippen LogP contribution in [0, 0.1) is 0 Å². The predicted octanol–water partition coefficient (Wildman–Crippen LogP) is 2.52. The lowest BCUT2D eigenvalue weighted by atomic mass is 9.89. The molecule has 3 rings (SSSR count). The second-order valence-electron chi connectivity index (χ2n) is 6.10. The van der Waals surface area contributed by atoms with Gasteiger partial charge >= 0.3 is 6.18 Å². The molecule has 0 bridgehead atoms. The van der Waals surface area contributed by atoms with Gasteiger partial charge in [-0.15, -0.1) is 5.10 Å². The molecule has 1 heterocycles. The van der Waals surface area contributed by atoms with Crippen molar-refractivity contribution in [1.82, 2.24) is 15.2 Å². The summed E-state index contributed by atoms with van der Waals surface area (Å²) in [6, 6.07) is 7.96. The van der Waals surface area contributed by atoms with E-state index in [4.69, 9.17) is 5.73 Å². The van der Waals surface area contributed by atoms with Gasteiger partial charge in [-0.3, -0.25) is 0 Å². The average Bonchev–Trinajstić information content (AvgIpc) is 2.98. The number of H-pyrrole nitrogens is 1. The number of aromatic amines is 1. The molecule has 1 aromatic carbocycles. The normalized spacial score (nSPS) is 20.7. The Morgan fingerprint density at radius 2 is 1.93 bits per heavy atom. The lowest BCUT2D eigenvalue weighted by Crippen LogP contribution is -2.47. The molecule has 144 valence electrons. The van der Waals surface area contributed by atoms with E-state index in [0.29, 0.717) is 5.56 Å². The molecule has 0 saturated carbocycles. The molecule has 0 radical (unpaired) electrons. The number of allylic oxidation sites excluding steroid dienone is 2. The number of alkyl halides is 3. The van der Waals surface area contributed by atoms with E-state index >= 15 is 0 Å². The van der Waals surface area contributed by atoms with Crippen molar-refractivity contribution in [2.24, 2.45) is 0 Å². The van der Waals surface area contributed by atoms with Crippen molar-refractivity contribution in [2.75, 3.05) is 17.3 Å². The van der Waals surface area contributed by atoms with E-state index in [1.54, 1.807) is 18.2 Å². The smallest absolute Gasteiger partial charge is 0.368 e. The van der Waals surface area contributed by atoms with E-state index in [1.165, 1.54) is 18.2 Å². The fraction of sp³-hybridized carbons (Fsp3) is 0.250. The van der Waals surface area contributed by atoms with Crippen molar-refractivity contribution in [3.05, 3.63) is 53.6 Å². The molecular formula is C16H16F3N5O2S. The summed E-state index contributed by atoms with van der Waals surface area (Å²) < 4.78 is 66.2. The molecule has 27 heavy (non-hydrogen) atoms. The van der Waals surface area contributed by atoms with Crippen molar-refractivity contribution in [3.63, 3.8) is 0 Å². The lowest BCUT2D eigenvalue weighted by Gasteiger charge is -2.34. The van der Waals surface area contributed by atoms with Gasteiger partial charge in [0.15, 0.2) is 14.7 Å². The zero-order chi connectivity index (χ0) is 19.9. The van der Waals surface area contributed by atoms with Crippen molar-refractivity contribution < 1.29 is 21.6 Å². The van der Waals surface area contributed by atoms with Gasteiger partial charge in [-0.1, -0.05) is 36.4 Å². The van der Waals surface area contributed by atoms with Crippen molar-refractivity contribution >= 4 is 27.3 Å². The first-order chi connectivity index (χ1) is 12.5. The SMILES string of the molecule is CS(=O)(=O)C1(Nc2n[nH]c(N)n2)C=CC(c2ccccc2)=C(C(F)(F)F)C1. The van der Waals surface area contributed by atoms with Crippen LogP contribution in [0.3, 0.4) is 0 Å². The Morgan fingerprint density at radius 3 is 2.44 bits per heavy atom. The number of anilines is 2. The third kappa shape index (κ3) is 3.68. The van der Waals surface area contributed by atoms with Crippen LogP contribution in [0.1, 0.15) is 12.0 Å². The Morgan fingerprint density at radius 1 is 1.26 bits per heavy atom. The number of halogens is 3. The number of aromatic nitrogens is 3. The summed E-state index contributed by atoms with van der Waals surface area (Å²) in [7, 11) is -4.04. The van der Waals surface area contributed by atoms with Crippen LogP contribution < -0.4 is 11.1 Å². The van der Waals surface area contributed by atoms with E-state index in [9.17, 15) is 21.6 Å². The number of sulfone groups is 1. The van der Waals surface area contributed by atoms with Crippen molar-refractivity contribution in [1.29, 1.82) is 0 Å². The lowest BCUT2D eigenvalue weighted by molar-refractivity contribution is -0.0938. The highest BCUT2D eigenvalue weighted by molar-refractivity contribution is 7.92. The quantitative estimate of drug-likeness (QED) is 0.728. The van der Waals surface area contributed by atoms with Crippen molar-refractivity contribution in [2.45, 2.75) is 17.5 Å². The van der Waals surface area contributed by atoms with E-state index in [2.05, 4.69) is 20.5 Å². The highest BCUT2D eigenvalue weighted by Gasteiger charge is 2.49. The van der Waals surface area contributed by atoms with Crippen molar-refractivity contribution in [3.8, 4) is 0 Å². The third-order valence-corrected chi connectivity index (χ3v) is 5.90. The zero-order valence-corrected chi connectivity index (χ0v) is 14.9. The first-order valence-electron chi connectivity index (χ1n) is 7.72. The van der Waals surface area contributed by atoms with Crippen LogP contribution in [-0.2, 0) is 9.84 Å². The number of nitrogens with one attached hydrogen (secondary N) is 2. The largest absolute Gasteiger partial charge is 0.413 e. The molecular weight excluding hydrogens is 383 g/mol. The number of hydrogen-bond donors (Lipinski definition) is 3. The first kappa shape index (κ1) is 19.0. The summed E-state index contributed by atoms with van der Waals surface area (Å²) in [4.78, 5) is 1.67. The second kappa shape index (κ2) is 6.41. The van der Waals surface area contributed by atoms with Crippen LogP contribution in [0.15, 0.2) is 48.1 Å². The molecule has 1 aromatic heterocycles. The average molecular weight is 399 g/mol. The van der Waals surface area contributed by atoms with E-state index in [-0.39, 0.29) is 17.5 Å². The highest BCUT2D eigenvalue weighted by atomic mass is 32.2. The van der Waals surface area contributed by atoms with Gasteiger partial charge in [0.2, 0.25) is 11.9 Å². The minimum absolute atomic E-state index is 0.0846. The number of hydrogen-bond acceptors (Lipinski definition) is 6. The highest BCUT2D eigenvalue weighted by Crippen LogP contribution is 2.44. The van der Waals surface area contributed by atoms with Gasteiger partial charge in [0.1, 0.15) is 0 Å². The fourth-order valence-electron chi connectivity index (χ4n) is 2.83. The van der Waals surface area contributed by atoms with Gasteiger partial charge in [-0.05, 0) is 17.2 Å². The Bertz CT molecular complexity index is 1010. The van der Waals surface area contributed by atoms with Crippen LogP contribution in [0.25, 0.3) is 5.57 Å². The maximum atomic E-state index is 13.8. The molecule has 0 saturated heterocycles. The number of nitrogens with zero attached hydrogens (tertiary/aromatic N) is 2. The Kier molecular flexibility index (Phi) is 4.50. The van der Waals surface area contributed by atoms with Gasteiger partial charge < -0.3 is 11.1 Å². The van der Waals surface area contributed by atoms with E-state index in [0.717, 1.165) is 12.3 Å². The number of rotatable bonds is 4. The molecule has 1 atom stereocenters. The maximum absolute atomic E-state index is 13.8. The summed E-state index contributed by atoms with van der Waals surface area (Å²) in [5.74, 6) is -0.315. The molecule has 1 aliphatic carbocycles. The standard InChI is InChI=1S/C16H16F3N5O2S/c1-27(25,26)15(22-14-21-13(20)23-24-14)8-7-11(10-5-3-2-4-6-10)12(9-15)16(17,18)19/h2-8H,9H2,1H3,(H4,20,21,22,23,24). The van der Waals surface area contributed by atoms with Gasteiger partial charge in [0.05, 0.1) is 0 Å². The molecule has 7 nitrogen and oxygen atoms in total. The molecule has 11 heteroatoms. The minimum Gasteiger partial charge on any atom is -0.368 e. The monoisotopic (exact) mass is 399 g/mol. The summed E-state index contributed by atoms with van der Waals surface area (Å²) in [6.45, 7) is 0. The van der Waals surface area contributed by atoms with Gasteiger partial charge in [0.25, 0.3) is 0 Å². The minimum atomic E-state index is -4.73. The van der Waals surface area contributed by atoms with E-state index < -0.39 is 32.9 Å². The molecule has 1 unspecified atom stereocenters. The Labute approximate surface area is 153 Å². The maximum Gasteiger partial charge on any atom is 0.413 e. The Balaban J connectivity index is 2.12. The first-order valence-corrected chi connectivity index (χ1v) is 9.62. The Hall–Kier alpha value is -2.82. The van der Waals surface area contributed by atoms with Gasteiger partial charge in [0, 0.05) is 18.2 Å². The molecule has 0 amide bonds. The number of nitrogen functional groups attached to an aromatic ring is 1. The molecule has 2 aromatic rings. The zero-order valence-electron chi connectivity index (χ0n) is 14.1. The second-order valence-corrected chi connectivity index (χ2v) is 8.37. The summed E-state index contributed by atoms with van der Waals surface area (Å²) >= 11 is 0. The van der Waals surface area contributed by atoms with Crippen LogP contribution in [-0.4, -0.2) is 40.9 Å². The van der Waals surface area contributed by atoms with Gasteiger partial charge in [-0.25, -0.2) is 13.5 Å². The number of benzene rings is 1. The summed E-state index contributed by atoms with van der Waals surface area (Å²) in [5, 5.41) is 8.46. The summed E-state index contributed by atoms with van der Waals surface area (Å²) in [6.07, 6.45) is -2.38. The van der Waals surface area contributed by atoms with Gasteiger partial charge in [-0.2, -0.15) is 18.2 Å². The number of nitrogens with two attached hydrogens (primary N) is 1. The molecule has 1 aliphatic rings. The molecule has 0 fully saturated rings. The van der Waals surface area contributed by atoms with Crippen LogP contribution in [0.5, 0.6) is 0 Å². The van der Waals surface area contributed by atoms with Crippen LogP contribution >= 0.6 is 0 Å². The third-order valence-electron chi connectivity index (χ3n) is 4.20. The van der Waals surface area contributed by atoms with E-state index in [1.807, 2.05) is 0 Å². The molecule has 0 aliphatic heterocycles. The van der Waals surface area contributed by atoms with Crippen LogP contribution in [0.4, 0.5) is 25.1 Å². The summed E-state index contributed by atoms with van der Waals surface area (Å²) in [5.41, 5.74) is 4.70. The molecule has 4 N–H and O–H groups in total. The topological polar surface area (TPSA) is 114 Å². The van der Waals surface area contributed by atoms with Crippen LogP contribution in [0.2, 0.25) is 0 Å².